The Morgan fingerprint density at radius 1 is 1.31 bits per heavy atom. The van der Waals surface area contributed by atoms with Gasteiger partial charge in [-0.2, -0.15) is 0 Å². The smallest absolute Gasteiger partial charge is 0.270 e. The van der Waals surface area contributed by atoms with Crippen LogP contribution in [-0.4, -0.2) is 50.5 Å². The number of amides is 1. The molecule has 134 valence electrons. The number of nitrogens with zero attached hydrogens (tertiary/aromatic N) is 4. The summed E-state index contributed by atoms with van der Waals surface area (Å²) in [4.78, 5) is 23.8. The van der Waals surface area contributed by atoms with Gasteiger partial charge in [0, 0.05) is 40.8 Å². The summed E-state index contributed by atoms with van der Waals surface area (Å²) in [5, 5.41) is 5.38. The molecule has 26 heavy (non-hydrogen) atoms. The summed E-state index contributed by atoms with van der Waals surface area (Å²) in [7, 11) is 0. The van der Waals surface area contributed by atoms with E-state index in [0.29, 0.717) is 17.7 Å². The maximum absolute atomic E-state index is 12.8. The number of nitrogens with one attached hydrogen (secondary N) is 1. The highest BCUT2D eigenvalue weighted by Crippen LogP contribution is 2.32. The third-order valence-electron chi connectivity index (χ3n) is 5.86. The van der Waals surface area contributed by atoms with Crippen LogP contribution in [-0.2, 0) is 0 Å². The van der Waals surface area contributed by atoms with Crippen molar-refractivity contribution >= 4 is 27.3 Å². The monoisotopic (exact) mass is 367 g/mol. The lowest BCUT2D eigenvalue weighted by atomic mass is 9.79. The van der Waals surface area contributed by atoms with E-state index in [9.17, 15) is 4.79 Å². The van der Waals surface area contributed by atoms with Gasteiger partial charge in [-0.3, -0.25) is 19.2 Å². The number of thiophene rings is 1. The molecule has 6 heterocycles. The van der Waals surface area contributed by atoms with Crippen LogP contribution in [0.25, 0.3) is 15.1 Å². The molecule has 6 nitrogen and oxygen atoms in total. The molecule has 0 spiro atoms. The highest BCUT2D eigenvalue weighted by atomic mass is 32.1. The van der Waals surface area contributed by atoms with E-state index in [1.54, 1.807) is 30.1 Å². The highest BCUT2D eigenvalue weighted by Gasteiger charge is 2.40. The Hall–Kier alpha value is -2.25. The standard InChI is InChI=1S/C19H21N5OS/c1-12-18(13-2-5-23(12)6-3-13)22-19(25)15-9-16-14(10-21-15)8-17(26-16)24-7-4-20-11-24/h4,7-13,18H,2-3,5-6H2,1H3,(H,22,25). The van der Waals surface area contributed by atoms with Gasteiger partial charge >= 0.3 is 0 Å². The Kier molecular flexibility index (Phi) is 3.79. The summed E-state index contributed by atoms with van der Waals surface area (Å²) in [5.74, 6) is 0.535. The lowest BCUT2D eigenvalue weighted by molar-refractivity contribution is 0.0216. The summed E-state index contributed by atoms with van der Waals surface area (Å²) in [6.45, 7) is 4.55. The molecule has 3 aliphatic heterocycles. The summed E-state index contributed by atoms with van der Waals surface area (Å²) >= 11 is 1.64. The topological polar surface area (TPSA) is 63.1 Å². The number of fused-ring (bicyclic) bond motifs is 4. The van der Waals surface area contributed by atoms with Gasteiger partial charge in [-0.1, -0.05) is 0 Å². The van der Waals surface area contributed by atoms with E-state index < -0.39 is 0 Å². The molecule has 6 rings (SSSR count). The Bertz CT molecular complexity index is 940. The summed E-state index contributed by atoms with van der Waals surface area (Å²) in [6.07, 6.45) is 9.61. The average molecular weight is 367 g/mol. The number of pyridine rings is 1. The van der Waals surface area contributed by atoms with Gasteiger partial charge in [0.1, 0.15) is 10.7 Å². The molecule has 2 atom stereocenters. The Morgan fingerprint density at radius 3 is 2.88 bits per heavy atom. The highest BCUT2D eigenvalue weighted by molar-refractivity contribution is 7.21. The predicted molar refractivity (Wildman–Crippen MR) is 102 cm³/mol. The van der Waals surface area contributed by atoms with E-state index in [0.717, 1.165) is 28.2 Å². The fraction of sp³-hybridized carbons (Fsp3) is 0.421. The summed E-state index contributed by atoms with van der Waals surface area (Å²) in [5.41, 5.74) is 0.500. The van der Waals surface area contributed by atoms with Crippen LogP contribution in [0.1, 0.15) is 30.3 Å². The van der Waals surface area contributed by atoms with E-state index >= 15 is 0 Å². The molecule has 0 aliphatic carbocycles. The van der Waals surface area contributed by atoms with Gasteiger partial charge in [-0.05, 0) is 50.9 Å². The molecule has 0 aromatic carbocycles. The van der Waals surface area contributed by atoms with Crippen LogP contribution in [0, 0.1) is 5.92 Å². The van der Waals surface area contributed by atoms with Gasteiger partial charge in [0.2, 0.25) is 0 Å². The number of carbonyl (C=O) groups excluding carboxylic acids is 1. The first-order chi connectivity index (χ1) is 12.7. The van der Waals surface area contributed by atoms with Gasteiger partial charge in [0.25, 0.3) is 5.91 Å². The van der Waals surface area contributed by atoms with E-state index in [1.165, 1.54) is 12.8 Å². The van der Waals surface area contributed by atoms with Crippen molar-refractivity contribution in [3.8, 4) is 5.00 Å². The largest absolute Gasteiger partial charge is 0.346 e. The second-order valence-corrected chi connectivity index (χ2v) is 8.34. The maximum Gasteiger partial charge on any atom is 0.270 e. The molecule has 0 saturated carbocycles. The maximum atomic E-state index is 12.8. The van der Waals surface area contributed by atoms with Crippen molar-refractivity contribution in [3.63, 3.8) is 0 Å². The van der Waals surface area contributed by atoms with Crippen molar-refractivity contribution in [2.45, 2.75) is 31.8 Å². The fourth-order valence-corrected chi connectivity index (χ4v) is 5.36. The first-order valence-electron chi connectivity index (χ1n) is 9.12. The second kappa shape index (κ2) is 6.17. The second-order valence-electron chi connectivity index (χ2n) is 7.28. The molecule has 1 N–H and O–H groups in total. The van der Waals surface area contributed by atoms with E-state index in [-0.39, 0.29) is 11.9 Å². The molecule has 2 unspecified atom stereocenters. The zero-order valence-corrected chi connectivity index (χ0v) is 15.4. The molecular formula is C19H21N5OS. The SMILES string of the molecule is CC1C(NC(=O)c2cc3sc(-n4ccnc4)cc3cn2)C2CCN1CC2. The summed E-state index contributed by atoms with van der Waals surface area (Å²) < 4.78 is 3.04. The fourth-order valence-electron chi connectivity index (χ4n) is 4.33. The number of imidazole rings is 1. The van der Waals surface area contributed by atoms with Crippen LogP contribution in [0.4, 0.5) is 0 Å². The quantitative estimate of drug-likeness (QED) is 0.773. The Morgan fingerprint density at radius 2 is 2.15 bits per heavy atom. The number of carbonyl (C=O) groups is 1. The third-order valence-corrected chi connectivity index (χ3v) is 6.97. The van der Waals surface area contributed by atoms with Gasteiger partial charge < -0.3 is 5.32 Å². The average Bonchev–Trinajstić information content (AvgIpc) is 3.33. The zero-order chi connectivity index (χ0) is 17.7. The molecule has 3 aromatic heterocycles. The minimum atomic E-state index is -0.0601. The third kappa shape index (κ3) is 2.62. The van der Waals surface area contributed by atoms with Crippen LogP contribution in [0.15, 0.2) is 37.1 Å². The van der Waals surface area contributed by atoms with Crippen molar-refractivity contribution in [2.75, 3.05) is 13.1 Å². The number of rotatable bonds is 3. The van der Waals surface area contributed by atoms with E-state index in [1.807, 2.05) is 16.8 Å². The molecule has 1 amide bonds. The van der Waals surface area contributed by atoms with Crippen molar-refractivity contribution < 1.29 is 4.79 Å². The molecule has 3 aliphatic rings. The van der Waals surface area contributed by atoms with Gasteiger partial charge in [-0.15, -0.1) is 11.3 Å². The number of hydrogen-bond donors (Lipinski definition) is 1. The van der Waals surface area contributed by atoms with Crippen molar-refractivity contribution in [2.24, 2.45) is 5.92 Å². The van der Waals surface area contributed by atoms with Crippen LogP contribution in [0.5, 0.6) is 0 Å². The van der Waals surface area contributed by atoms with Crippen molar-refractivity contribution in [3.05, 3.63) is 42.7 Å². The first-order valence-corrected chi connectivity index (χ1v) is 9.93. The molecule has 7 heteroatoms. The molecule has 3 aromatic rings. The normalized spacial score (nSPS) is 27.7. The first kappa shape index (κ1) is 16.0. The van der Waals surface area contributed by atoms with Gasteiger partial charge in [-0.25, -0.2) is 4.98 Å². The van der Waals surface area contributed by atoms with Gasteiger partial charge in [0.15, 0.2) is 0 Å². The number of hydrogen-bond acceptors (Lipinski definition) is 5. The van der Waals surface area contributed by atoms with Crippen molar-refractivity contribution in [1.29, 1.82) is 0 Å². The molecule has 3 fully saturated rings. The van der Waals surface area contributed by atoms with Crippen LogP contribution in [0.2, 0.25) is 0 Å². The van der Waals surface area contributed by atoms with E-state index in [2.05, 4.69) is 33.2 Å². The summed E-state index contributed by atoms with van der Waals surface area (Å²) in [6, 6.07) is 4.62. The molecule has 0 radical (unpaired) electrons. The minimum Gasteiger partial charge on any atom is -0.346 e. The number of aromatic nitrogens is 3. The Labute approximate surface area is 155 Å². The minimum absolute atomic E-state index is 0.0601. The Balaban J connectivity index is 1.39. The van der Waals surface area contributed by atoms with Gasteiger partial charge in [0.05, 0.1) is 6.33 Å². The van der Waals surface area contributed by atoms with Crippen molar-refractivity contribution in [1.82, 2.24) is 24.8 Å². The molecule has 3 saturated heterocycles. The number of piperidine rings is 3. The van der Waals surface area contributed by atoms with Crippen LogP contribution in [0.3, 0.4) is 0 Å². The van der Waals surface area contributed by atoms with Crippen LogP contribution >= 0.6 is 11.3 Å². The molecule has 2 bridgehead atoms. The molecular weight excluding hydrogens is 346 g/mol. The van der Waals surface area contributed by atoms with Crippen LogP contribution < -0.4 is 5.32 Å². The predicted octanol–water partition coefficient (Wildman–Crippen LogP) is 2.69. The zero-order valence-electron chi connectivity index (χ0n) is 14.6. The lowest BCUT2D eigenvalue weighted by Gasteiger charge is -2.49. The lowest BCUT2D eigenvalue weighted by Crippen LogP contribution is -2.62. The van der Waals surface area contributed by atoms with E-state index in [4.69, 9.17) is 0 Å².